The quantitative estimate of drug-likeness (QED) is 0.472. The van der Waals surface area contributed by atoms with Crippen LogP contribution in [0.25, 0.3) is 11.5 Å². The third-order valence-electron chi connectivity index (χ3n) is 3.62. The Hall–Kier alpha value is -2.88. The Labute approximate surface area is 161 Å². The number of alkyl halides is 3. The number of hydrogen-bond acceptors (Lipinski definition) is 5. The Balaban J connectivity index is 1.61. The van der Waals surface area contributed by atoms with Gasteiger partial charge in [-0.15, -0.1) is 10.2 Å². The summed E-state index contributed by atoms with van der Waals surface area (Å²) in [7, 11) is 0. The zero-order chi connectivity index (χ0) is 20.3. The van der Waals surface area contributed by atoms with E-state index in [1.54, 1.807) is 6.92 Å². The minimum absolute atomic E-state index is 0.134. The first-order chi connectivity index (χ1) is 13.2. The SMILES string of the molecule is C[C@@H](Sc1nnc(-c2ccc(F)cc2)o1)C(=O)Nc1ccc(C(F)(F)F)cc1. The van der Waals surface area contributed by atoms with Gasteiger partial charge in [-0.05, 0) is 55.5 Å². The molecule has 1 heterocycles. The van der Waals surface area contributed by atoms with Crippen molar-refractivity contribution in [1.82, 2.24) is 10.2 Å². The fourth-order valence-corrected chi connectivity index (χ4v) is 2.84. The Kier molecular flexibility index (Phi) is 5.68. The lowest BCUT2D eigenvalue weighted by molar-refractivity contribution is -0.137. The number of carbonyl (C=O) groups excluding carboxylic acids is 1. The van der Waals surface area contributed by atoms with E-state index in [-0.39, 0.29) is 16.8 Å². The summed E-state index contributed by atoms with van der Waals surface area (Å²) in [5.41, 5.74) is -0.0299. The summed E-state index contributed by atoms with van der Waals surface area (Å²) in [6.45, 7) is 1.59. The fourth-order valence-electron chi connectivity index (χ4n) is 2.16. The molecule has 0 aliphatic carbocycles. The first-order valence-corrected chi connectivity index (χ1v) is 8.84. The zero-order valence-electron chi connectivity index (χ0n) is 14.3. The van der Waals surface area contributed by atoms with Crippen LogP contribution in [0.15, 0.2) is 58.2 Å². The summed E-state index contributed by atoms with van der Waals surface area (Å²) in [6, 6.07) is 9.62. The number of halogens is 4. The zero-order valence-corrected chi connectivity index (χ0v) is 15.1. The van der Waals surface area contributed by atoms with Gasteiger partial charge in [-0.3, -0.25) is 4.79 Å². The topological polar surface area (TPSA) is 68.0 Å². The maximum absolute atomic E-state index is 13.0. The molecule has 1 N–H and O–H groups in total. The Morgan fingerprint density at radius 2 is 1.71 bits per heavy atom. The van der Waals surface area contributed by atoms with Crippen LogP contribution in [0.1, 0.15) is 12.5 Å². The highest BCUT2D eigenvalue weighted by Gasteiger charge is 2.30. The van der Waals surface area contributed by atoms with Crippen molar-refractivity contribution in [2.75, 3.05) is 5.32 Å². The molecule has 1 amide bonds. The molecule has 0 unspecified atom stereocenters. The molecular formula is C18H13F4N3O2S. The molecule has 0 bridgehead atoms. The van der Waals surface area contributed by atoms with E-state index in [0.29, 0.717) is 5.56 Å². The van der Waals surface area contributed by atoms with E-state index in [2.05, 4.69) is 15.5 Å². The van der Waals surface area contributed by atoms with Gasteiger partial charge in [0.15, 0.2) is 0 Å². The second-order valence-corrected chi connectivity index (χ2v) is 7.00. The van der Waals surface area contributed by atoms with Crippen molar-refractivity contribution in [3.8, 4) is 11.5 Å². The highest BCUT2D eigenvalue weighted by Crippen LogP contribution is 2.30. The highest BCUT2D eigenvalue weighted by molar-refractivity contribution is 8.00. The van der Waals surface area contributed by atoms with Gasteiger partial charge >= 0.3 is 6.18 Å². The van der Waals surface area contributed by atoms with E-state index in [1.165, 1.54) is 36.4 Å². The number of amides is 1. The van der Waals surface area contributed by atoms with E-state index in [1.807, 2.05) is 0 Å². The number of nitrogens with one attached hydrogen (secondary N) is 1. The van der Waals surface area contributed by atoms with E-state index < -0.39 is 28.7 Å². The molecule has 0 saturated carbocycles. The Morgan fingerprint density at radius 3 is 2.32 bits per heavy atom. The van der Waals surface area contributed by atoms with Crippen molar-refractivity contribution in [2.24, 2.45) is 0 Å². The van der Waals surface area contributed by atoms with Crippen LogP contribution < -0.4 is 5.32 Å². The van der Waals surface area contributed by atoms with Crippen molar-refractivity contribution >= 4 is 23.4 Å². The second kappa shape index (κ2) is 8.01. The minimum atomic E-state index is -4.44. The molecule has 0 fully saturated rings. The van der Waals surface area contributed by atoms with Gasteiger partial charge in [-0.1, -0.05) is 11.8 Å². The molecule has 10 heteroatoms. The van der Waals surface area contributed by atoms with Crippen molar-refractivity contribution in [3.05, 3.63) is 59.9 Å². The molecule has 5 nitrogen and oxygen atoms in total. The van der Waals surface area contributed by atoms with Crippen LogP contribution in [-0.4, -0.2) is 21.4 Å². The lowest BCUT2D eigenvalue weighted by Gasteiger charge is -2.11. The standard InChI is InChI=1S/C18H13F4N3O2S/c1-10(15(26)23-14-8-4-12(5-9-14)18(20,21)22)28-17-25-24-16(27-17)11-2-6-13(19)7-3-11/h2-10H,1H3,(H,23,26)/t10-/m1/s1. The third-order valence-corrected chi connectivity index (χ3v) is 4.56. The number of rotatable bonds is 5. The smallest absolute Gasteiger partial charge is 0.411 e. The van der Waals surface area contributed by atoms with Crippen molar-refractivity contribution < 1.29 is 26.8 Å². The predicted octanol–water partition coefficient (Wildman–Crippen LogP) is 5.01. The van der Waals surface area contributed by atoms with Crippen LogP contribution in [-0.2, 0) is 11.0 Å². The van der Waals surface area contributed by atoms with Crippen LogP contribution in [0.5, 0.6) is 0 Å². The van der Waals surface area contributed by atoms with Crippen LogP contribution in [0.2, 0.25) is 0 Å². The minimum Gasteiger partial charge on any atom is -0.411 e. The number of anilines is 1. The van der Waals surface area contributed by atoms with Gasteiger partial charge in [0.25, 0.3) is 5.22 Å². The Morgan fingerprint density at radius 1 is 1.07 bits per heavy atom. The van der Waals surface area contributed by atoms with Gasteiger partial charge in [0.05, 0.1) is 10.8 Å². The molecule has 0 spiro atoms. The van der Waals surface area contributed by atoms with Gasteiger partial charge in [-0.2, -0.15) is 13.2 Å². The van der Waals surface area contributed by atoms with Crippen LogP contribution in [0.3, 0.4) is 0 Å². The number of thioether (sulfide) groups is 1. The van der Waals surface area contributed by atoms with E-state index in [4.69, 9.17) is 4.42 Å². The molecule has 1 atom stereocenters. The molecule has 0 radical (unpaired) electrons. The van der Waals surface area contributed by atoms with Crippen LogP contribution >= 0.6 is 11.8 Å². The fraction of sp³-hybridized carbons (Fsp3) is 0.167. The van der Waals surface area contributed by atoms with Crippen LogP contribution in [0, 0.1) is 5.82 Å². The lowest BCUT2D eigenvalue weighted by Crippen LogP contribution is -2.22. The van der Waals surface area contributed by atoms with Gasteiger partial charge in [0.2, 0.25) is 11.8 Å². The number of aromatic nitrogens is 2. The van der Waals surface area contributed by atoms with Gasteiger partial charge < -0.3 is 9.73 Å². The molecule has 1 aromatic heterocycles. The van der Waals surface area contributed by atoms with Crippen molar-refractivity contribution in [3.63, 3.8) is 0 Å². The van der Waals surface area contributed by atoms with Crippen LogP contribution in [0.4, 0.5) is 23.2 Å². The number of benzene rings is 2. The number of carbonyl (C=O) groups is 1. The molecular weight excluding hydrogens is 398 g/mol. The third kappa shape index (κ3) is 4.89. The normalized spacial score (nSPS) is 12.6. The van der Waals surface area contributed by atoms with E-state index in [9.17, 15) is 22.4 Å². The molecule has 0 aliphatic rings. The second-order valence-electron chi connectivity index (χ2n) is 5.70. The summed E-state index contributed by atoms with van der Waals surface area (Å²) in [5, 5.41) is 9.69. The summed E-state index contributed by atoms with van der Waals surface area (Å²) in [6.07, 6.45) is -4.44. The Bertz CT molecular complexity index is 956. The first kappa shape index (κ1) is 19.9. The summed E-state index contributed by atoms with van der Waals surface area (Å²) in [5.74, 6) is -0.657. The molecule has 2 aromatic carbocycles. The lowest BCUT2D eigenvalue weighted by atomic mass is 10.2. The van der Waals surface area contributed by atoms with Gasteiger partial charge in [0.1, 0.15) is 5.82 Å². The molecule has 0 aliphatic heterocycles. The molecule has 0 saturated heterocycles. The van der Waals surface area contributed by atoms with E-state index in [0.717, 1.165) is 23.9 Å². The molecule has 28 heavy (non-hydrogen) atoms. The first-order valence-electron chi connectivity index (χ1n) is 7.96. The maximum Gasteiger partial charge on any atom is 0.416 e. The maximum atomic E-state index is 13.0. The van der Waals surface area contributed by atoms with Crippen molar-refractivity contribution in [1.29, 1.82) is 0 Å². The summed E-state index contributed by atoms with van der Waals surface area (Å²) in [4.78, 5) is 12.2. The average molecular weight is 411 g/mol. The van der Waals surface area contributed by atoms with Crippen molar-refractivity contribution in [2.45, 2.75) is 23.6 Å². The molecule has 3 rings (SSSR count). The monoisotopic (exact) mass is 411 g/mol. The number of nitrogens with zero attached hydrogens (tertiary/aromatic N) is 2. The van der Waals surface area contributed by atoms with Gasteiger partial charge in [0, 0.05) is 11.3 Å². The van der Waals surface area contributed by atoms with E-state index >= 15 is 0 Å². The largest absolute Gasteiger partial charge is 0.416 e. The summed E-state index contributed by atoms with van der Waals surface area (Å²) < 4.78 is 56.1. The summed E-state index contributed by atoms with van der Waals surface area (Å²) >= 11 is 0.991. The highest BCUT2D eigenvalue weighted by atomic mass is 32.2. The molecule has 146 valence electrons. The number of hydrogen-bond donors (Lipinski definition) is 1. The average Bonchev–Trinajstić information content (AvgIpc) is 3.10. The van der Waals surface area contributed by atoms with Gasteiger partial charge in [-0.25, -0.2) is 4.39 Å². The predicted molar refractivity (Wildman–Crippen MR) is 95.1 cm³/mol. The molecule has 3 aromatic rings.